The highest BCUT2D eigenvalue weighted by molar-refractivity contribution is 5.97. The van der Waals surface area contributed by atoms with Crippen molar-refractivity contribution in [2.75, 3.05) is 30.3 Å². The molecule has 0 aliphatic carbocycles. The molecule has 0 radical (unpaired) electrons. The van der Waals surface area contributed by atoms with E-state index in [-0.39, 0.29) is 24.7 Å². The summed E-state index contributed by atoms with van der Waals surface area (Å²) < 4.78 is 18.7. The fourth-order valence-electron chi connectivity index (χ4n) is 2.11. The molecule has 2 rings (SSSR count). The lowest BCUT2D eigenvalue weighted by Gasteiger charge is -2.35. The number of carbonyl (C=O) groups excluding carboxylic acids is 2. The molecule has 1 saturated heterocycles. The zero-order valence-electron chi connectivity index (χ0n) is 12.9. The normalized spacial score (nSPS) is 15.9. The number of anilines is 2. The molecule has 0 spiro atoms. The van der Waals surface area contributed by atoms with E-state index in [9.17, 15) is 14.0 Å². The summed E-state index contributed by atoms with van der Waals surface area (Å²) in [6, 6.07) is 4.22. The monoisotopic (exact) mass is 309 g/mol. The largest absolute Gasteiger partial charge is 0.444 e. The molecule has 1 aliphatic heterocycles. The van der Waals surface area contributed by atoms with Gasteiger partial charge in [0, 0.05) is 18.8 Å². The molecule has 0 aromatic heterocycles. The van der Waals surface area contributed by atoms with Crippen LogP contribution in [0.3, 0.4) is 0 Å². The van der Waals surface area contributed by atoms with Gasteiger partial charge in [0.1, 0.15) is 18.0 Å². The maximum absolute atomic E-state index is 13.5. The van der Waals surface area contributed by atoms with Gasteiger partial charge in [-0.1, -0.05) is 0 Å². The highest BCUT2D eigenvalue weighted by atomic mass is 19.1. The van der Waals surface area contributed by atoms with Crippen molar-refractivity contribution >= 4 is 23.4 Å². The Morgan fingerprint density at radius 1 is 1.32 bits per heavy atom. The molecule has 2 amide bonds. The molecular weight excluding hydrogens is 289 g/mol. The first-order valence-corrected chi connectivity index (χ1v) is 7.01. The Morgan fingerprint density at radius 3 is 2.55 bits per heavy atom. The van der Waals surface area contributed by atoms with Gasteiger partial charge in [-0.2, -0.15) is 0 Å². The Hall–Kier alpha value is -2.31. The second-order valence-electron chi connectivity index (χ2n) is 6.15. The maximum atomic E-state index is 13.5. The van der Waals surface area contributed by atoms with Crippen molar-refractivity contribution in [1.29, 1.82) is 0 Å². The van der Waals surface area contributed by atoms with Crippen molar-refractivity contribution in [2.24, 2.45) is 0 Å². The molecule has 0 unspecified atom stereocenters. The summed E-state index contributed by atoms with van der Waals surface area (Å²) in [5.74, 6) is -0.860. The van der Waals surface area contributed by atoms with Crippen LogP contribution in [0.15, 0.2) is 18.2 Å². The van der Waals surface area contributed by atoms with Crippen LogP contribution in [-0.2, 0) is 9.53 Å². The Kier molecular flexibility index (Phi) is 4.25. The third kappa shape index (κ3) is 3.66. The van der Waals surface area contributed by atoms with Gasteiger partial charge in [-0.05, 0) is 39.0 Å². The molecule has 0 saturated carbocycles. The zero-order valence-corrected chi connectivity index (χ0v) is 12.9. The lowest BCUT2D eigenvalue weighted by molar-refractivity contribution is -0.121. The minimum Gasteiger partial charge on any atom is -0.444 e. The van der Waals surface area contributed by atoms with Gasteiger partial charge >= 0.3 is 6.09 Å². The lowest BCUT2D eigenvalue weighted by atomic mass is 10.2. The molecule has 0 bridgehead atoms. The van der Waals surface area contributed by atoms with Crippen LogP contribution in [0.4, 0.5) is 20.6 Å². The summed E-state index contributed by atoms with van der Waals surface area (Å²) in [6.07, 6.45) is -0.524. The molecule has 120 valence electrons. The highest BCUT2D eigenvalue weighted by Gasteiger charge is 2.31. The van der Waals surface area contributed by atoms with Crippen molar-refractivity contribution in [3.63, 3.8) is 0 Å². The fraction of sp³-hybridized carbons (Fsp3) is 0.467. The minimum absolute atomic E-state index is 0.0311. The predicted molar refractivity (Wildman–Crippen MR) is 81.0 cm³/mol. The molecule has 1 aromatic rings. The number of piperazine rings is 1. The smallest absolute Gasteiger partial charge is 0.410 e. The summed E-state index contributed by atoms with van der Waals surface area (Å²) in [5.41, 5.74) is 5.27. The maximum Gasteiger partial charge on any atom is 0.410 e. The van der Waals surface area contributed by atoms with E-state index in [1.54, 1.807) is 26.8 Å². The first kappa shape index (κ1) is 16.1. The van der Waals surface area contributed by atoms with Gasteiger partial charge in [0.2, 0.25) is 5.91 Å². The summed E-state index contributed by atoms with van der Waals surface area (Å²) in [7, 11) is 0. The minimum atomic E-state index is -0.614. The molecule has 6 nitrogen and oxygen atoms in total. The van der Waals surface area contributed by atoms with E-state index >= 15 is 0 Å². The molecule has 1 heterocycles. The van der Waals surface area contributed by atoms with E-state index in [4.69, 9.17) is 10.5 Å². The number of halogens is 1. The second-order valence-corrected chi connectivity index (χ2v) is 6.15. The van der Waals surface area contributed by atoms with Gasteiger partial charge in [0.15, 0.2) is 0 Å². The van der Waals surface area contributed by atoms with Crippen LogP contribution in [0.1, 0.15) is 20.8 Å². The molecule has 22 heavy (non-hydrogen) atoms. The van der Waals surface area contributed by atoms with Gasteiger partial charge in [-0.15, -0.1) is 0 Å². The SMILES string of the molecule is CC(C)(C)OC(=O)N1CCN(c2ccc(N)c(F)c2)C(=O)C1. The van der Waals surface area contributed by atoms with Crippen LogP contribution >= 0.6 is 0 Å². The van der Waals surface area contributed by atoms with E-state index in [1.165, 1.54) is 21.9 Å². The standard InChI is InChI=1S/C15H20FN3O3/c1-15(2,3)22-14(21)18-6-7-19(13(20)9-18)10-4-5-12(17)11(16)8-10/h4-5,8H,6-7,9,17H2,1-3H3. The molecule has 7 heteroatoms. The number of amides is 2. The van der Waals surface area contributed by atoms with Gasteiger partial charge in [-0.25, -0.2) is 9.18 Å². The Balaban J connectivity index is 2.05. The molecule has 1 aromatic carbocycles. The summed E-state index contributed by atoms with van der Waals surface area (Å²) in [4.78, 5) is 26.9. The molecular formula is C15H20FN3O3. The zero-order chi connectivity index (χ0) is 16.5. The number of hydrogen-bond donors (Lipinski definition) is 1. The van der Waals surface area contributed by atoms with Crippen molar-refractivity contribution in [1.82, 2.24) is 4.90 Å². The van der Waals surface area contributed by atoms with E-state index in [0.717, 1.165) is 0 Å². The third-order valence-electron chi connectivity index (χ3n) is 3.17. The Labute approximate surface area is 128 Å². The summed E-state index contributed by atoms with van der Waals surface area (Å²) in [6.45, 7) is 5.80. The number of nitrogen functional groups attached to an aromatic ring is 1. The molecule has 1 fully saturated rings. The van der Waals surface area contributed by atoms with Crippen molar-refractivity contribution in [3.8, 4) is 0 Å². The van der Waals surface area contributed by atoms with Gasteiger partial charge in [0.05, 0.1) is 5.69 Å². The number of nitrogens with zero attached hydrogens (tertiary/aromatic N) is 2. The van der Waals surface area contributed by atoms with Crippen LogP contribution in [0.25, 0.3) is 0 Å². The van der Waals surface area contributed by atoms with Crippen LogP contribution in [0, 0.1) is 5.82 Å². The average Bonchev–Trinajstić information content (AvgIpc) is 2.40. The van der Waals surface area contributed by atoms with Crippen molar-refractivity contribution in [2.45, 2.75) is 26.4 Å². The van der Waals surface area contributed by atoms with E-state index in [1.807, 2.05) is 0 Å². The number of rotatable bonds is 1. The van der Waals surface area contributed by atoms with Crippen molar-refractivity contribution in [3.05, 3.63) is 24.0 Å². The average molecular weight is 309 g/mol. The van der Waals surface area contributed by atoms with Crippen molar-refractivity contribution < 1.29 is 18.7 Å². The van der Waals surface area contributed by atoms with E-state index in [2.05, 4.69) is 0 Å². The quantitative estimate of drug-likeness (QED) is 0.805. The molecule has 0 atom stereocenters. The molecule has 1 aliphatic rings. The first-order chi connectivity index (χ1) is 10.2. The van der Waals surface area contributed by atoms with Gasteiger partial charge < -0.3 is 15.4 Å². The van der Waals surface area contributed by atoms with E-state index < -0.39 is 17.5 Å². The van der Waals surface area contributed by atoms with Crippen LogP contribution in [0.5, 0.6) is 0 Å². The van der Waals surface area contributed by atoms with E-state index in [0.29, 0.717) is 12.2 Å². The second kappa shape index (κ2) is 5.82. The number of nitrogens with two attached hydrogens (primary N) is 1. The van der Waals surface area contributed by atoms with Gasteiger partial charge in [-0.3, -0.25) is 9.69 Å². The number of hydrogen-bond acceptors (Lipinski definition) is 4. The van der Waals surface area contributed by atoms with Crippen LogP contribution in [0.2, 0.25) is 0 Å². The predicted octanol–water partition coefficient (Wildman–Crippen LogP) is 1.99. The van der Waals surface area contributed by atoms with Gasteiger partial charge in [0.25, 0.3) is 0 Å². The number of ether oxygens (including phenoxy) is 1. The van der Waals surface area contributed by atoms with Crippen LogP contribution in [-0.4, -0.2) is 42.1 Å². The number of benzene rings is 1. The first-order valence-electron chi connectivity index (χ1n) is 7.01. The number of carbonyl (C=O) groups is 2. The topological polar surface area (TPSA) is 75.9 Å². The summed E-state index contributed by atoms with van der Waals surface area (Å²) >= 11 is 0. The fourth-order valence-corrected chi connectivity index (χ4v) is 2.11. The lowest BCUT2D eigenvalue weighted by Crippen LogP contribution is -2.53. The molecule has 2 N–H and O–H groups in total. The highest BCUT2D eigenvalue weighted by Crippen LogP contribution is 2.22. The summed E-state index contributed by atoms with van der Waals surface area (Å²) in [5, 5.41) is 0. The third-order valence-corrected chi connectivity index (χ3v) is 3.17. The Bertz CT molecular complexity index is 598. The van der Waals surface area contributed by atoms with Crippen LogP contribution < -0.4 is 10.6 Å². The Morgan fingerprint density at radius 2 is 2.00 bits per heavy atom.